The molecule has 1 aromatic carbocycles. The van der Waals surface area contributed by atoms with Gasteiger partial charge in [0.15, 0.2) is 0 Å². The molecule has 10 nitrogen and oxygen atoms in total. The smallest absolute Gasteiger partial charge is 0.331 e. The van der Waals surface area contributed by atoms with Crippen LogP contribution in [-0.2, 0) is 27.4 Å². The lowest BCUT2D eigenvalue weighted by molar-refractivity contribution is -0.375. The van der Waals surface area contributed by atoms with Gasteiger partial charge in [-0.2, -0.15) is 0 Å². The van der Waals surface area contributed by atoms with Gasteiger partial charge in [0, 0.05) is 41.2 Å². The zero-order valence-corrected chi connectivity index (χ0v) is 32.1. The third-order valence-electron chi connectivity index (χ3n) is 18.0. The summed E-state index contributed by atoms with van der Waals surface area (Å²) < 4.78 is 6.49. The summed E-state index contributed by atoms with van der Waals surface area (Å²) in [6.07, 6.45) is 6.34. The number of fused-ring (bicyclic) bond motifs is 3. The van der Waals surface area contributed by atoms with Crippen molar-refractivity contribution < 1.29 is 45.0 Å². The van der Waals surface area contributed by atoms with Crippen LogP contribution in [0.4, 0.5) is 0 Å². The Kier molecular flexibility index (Phi) is 8.59. The molecule has 7 saturated carbocycles. The van der Waals surface area contributed by atoms with Crippen LogP contribution in [0.1, 0.15) is 102 Å². The van der Waals surface area contributed by atoms with E-state index < -0.39 is 63.2 Å². The van der Waals surface area contributed by atoms with E-state index in [0.29, 0.717) is 64.2 Å². The second-order valence-electron chi connectivity index (χ2n) is 19.6. The maximum absolute atomic E-state index is 13.9. The molecule has 2 bridgehead atoms. The van der Waals surface area contributed by atoms with Crippen molar-refractivity contribution in [2.75, 3.05) is 7.05 Å². The summed E-state index contributed by atoms with van der Waals surface area (Å²) in [4.78, 5) is 27.4. The van der Waals surface area contributed by atoms with Gasteiger partial charge in [-0.1, -0.05) is 38.1 Å². The van der Waals surface area contributed by atoms with Crippen molar-refractivity contribution in [3.8, 4) is 0 Å². The molecule has 0 unspecified atom stereocenters. The summed E-state index contributed by atoms with van der Waals surface area (Å²) in [6.45, 7) is 4.16. The molecule has 1 spiro atoms. The van der Waals surface area contributed by atoms with Gasteiger partial charge in [0.1, 0.15) is 23.1 Å². The quantitative estimate of drug-likeness (QED) is 0.162. The van der Waals surface area contributed by atoms with E-state index in [2.05, 4.69) is 19.2 Å². The summed E-state index contributed by atoms with van der Waals surface area (Å²) in [7, 11) is 1.92. The number of hydrogen-bond donors (Lipinski definition) is 7. The van der Waals surface area contributed by atoms with Crippen molar-refractivity contribution in [3.63, 3.8) is 0 Å². The van der Waals surface area contributed by atoms with Gasteiger partial charge >= 0.3 is 5.97 Å². The molecule has 0 radical (unpaired) electrons. The average Bonchev–Trinajstić information content (AvgIpc) is 3.51. The summed E-state index contributed by atoms with van der Waals surface area (Å²) in [5.41, 5.74) is -6.12. The molecule has 7 N–H and O–H groups in total. The number of hydrogen-bond acceptors (Lipinski definition) is 10. The van der Waals surface area contributed by atoms with E-state index in [1.807, 2.05) is 31.3 Å². The number of benzene rings is 1. The zero-order valence-electron chi connectivity index (χ0n) is 32.1. The van der Waals surface area contributed by atoms with Gasteiger partial charge in [0.05, 0.1) is 29.8 Å². The van der Waals surface area contributed by atoms with E-state index in [0.717, 1.165) is 29.4 Å². The second-order valence-corrected chi connectivity index (χ2v) is 19.6. The molecule has 1 aromatic rings. The molecule has 9 rings (SSSR count). The first-order chi connectivity index (χ1) is 25.7. The van der Waals surface area contributed by atoms with Crippen LogP contribution >= 0.6 is 0 Å². The molecule has 54 heavy (non-hydrogen) atoms. The Labute approximate surface area is 318 Å². The van der Waals surface area contributed by atoms with Crippen LogP contribution in [0.2, 0.25) is 0 Å². The standard InChI is InChI=1S/C44H61NO9/c1-24(2)25-9-10-29-34(48)11-15-40(23-47)35-12-16-39-13-6-14-41-30(33(45-3)19-26-7-4-5-8-27(26)22-46)18-28(37(39)31(41)20-36(49)54-41)21-42(39,51)44(35,53)38(50)32(17-25)43(29,40)52/h4-5,7-8,20,23-25,28-30,32-35,37-38,45-46,48,50-53H,6,9-19,21-22H2,1-3H3/t25-,28+,29+,30-,32-,33+,34-,35+,37+,38-,39+,40+,41+,42+,43+,44-/m0/s1. The summed E-state index contributed by atoms with van der Waals surface area (Å²) in [5.74, 6) is -3.10. The first kappa shape index (κ1) is 37.4. The number of esters is 1. The Morgan fingerprint density at radius 2 is 1.70 bits per heavy atom. The Balaban J connectivity index is 1.18. The van der Waals surface area contributed by atoms with Crippen LogP contribution in [0, 0.1) is 58.2 Å². The minimum atomic E-state index is -2.12. The Morgan fingerprint density at radius 1 is 0.944 bits per heavy atom. The SMILES string of the molecule is CN[C@H](Cc1ccccc1CO)[C@@H]1C[C@@H]2C[C@@]3(O)[C@]4(CCC[C@@]15OC(=O)C=C5[C@@H]24)CC[C@H]1[C@]3(O)[C@@H](O)[C@@H]2C[C@@H](C(C)C)CC[C@@H]3[C@@H](O)CC[C@]1(C=O)[C@@]32O. The van der Waals surface area contributed by atoms with Crippen molar-refractivity contribution >= 4 is 12.3 Å². The number of nitrogens with one attached hydrogen (secondary N) is 1. The van der Waals surface area contributed by atoms with Crippen LogP contribution in [0.15, 0.2) is 35.9 Å². The Morgan fingerprint density at radius 3 is 2.41 bits per heavy atom. The van der Waals surface area contributed by atoms with Crippen molar-refractivity contribution in [1.82, 2.24) is 5.32 Å². The number of carbonyl (C=O) groups excluding carboxylic acids is 2. The van der Waals surface area contributed by atoms with Crippen LogP contribution < -0.4 is 5.32 Å². The number of ether oxygens (including phenoxy) is 1. The molecule has 0 aromatic heterocycles. The number of aldehydes is 1. The molecule has 8 aliphatic rings. The predicted molar refractivity (Wildman–Crippen MR) is 198 cm³/mol. The van der Waals surface area contributed by atoms with Gasteiger partial charge in [0.25, 0.3) is 0 Å². The van der Waals surface area contributed by atoms with Crippen molar-refractivity contribution in [2.24, 2.45) is 58.2 Å². The van der Waals surface area contributed by atoms with E-state index in [9.17, 15) is 40.2 Å². The van der Waals surface area contributed by atoms with E-state index in [1.54, 1.807) is 6.08 Å². The fourth-order valence-corrected chi connectivity index (χ4v) is 15.9. The largest absolute Gasteiger partial charge is 0.451 e. The first-order valence-electron chi connectivity index (χ1n) is 21.0. The minimum Gasteiger partial charge on any atom is -0.451 e. The molecule has 0 saturated heterocycles. The number of rotatable bonds is 7. The monoisotopic (exact) mass is 747 g/mol. The van der Waals surface area contributed by atoms with Gasteiger partial charge in [-0.15, -0.1) is 0 Å². The van der Waals surface area contributed by atoms with Crippen LogP contribution in [0.5, 0.6) is 0 Å². The topological polar surface area (TPSA) is 177 Å². The third-order valence-corrected chi connectivity index (χ3v) is 18.0. The van der Waals surface area contributed by atoms with Crippen LogP contribution in [-0.4, -0.2) is 90.6 Å². The van der Waals surface area contributed by atoms with Gasteiger partial charge < -0.3 is 45.5 Å². The van der Waals surface area contributed by atoms with Gasteiger partial charge in [-0.3, -0.25) is 0 Å². The maximum atomic E-state index is 13.9. The fraction of sp³-hybridized carbons (Fsp3) is 0.773. The predicted octanol–water partition coefficient (Wildman–Crippen LogP) is 3.36. The average molecular weight is 748 g/mol. The van der Waals surface area contributed by atoms with Crippen LogP contribution in [0.3, 0.4) is 0 Å². The molecular formula is C44H61NO9. The highest BCUT2D eigenvalue weighted by atomic mass is 16.6. The summed E-state index contributed by atoms with van der Waals surface area (Å²) in [5, 5.41) is 79.0. The van der Waals surface area contributed by atoms with E-state index in [-0.39, 0.29) is 61.0 Å². The molecule has 7 fully saturated rings. The Hall–Kier alpha value is -2.18. The van der Waals surface area contributed by atoms with E-state index in [1.165, 1.54) is 0 Å². The van der Waals surface area contributed by atoms with Gasteiger partial charge in [-0.05, 0) is 131 Å². The van der Waals surface area contributed by atoms with Gasteiger partial charge in [-0.25, -0.2) is 4.79 Å². The number of likely N-dealkylation sites (N-methyl/N-ethyl adjacent to an activating group) is 1. The fourth-order valence-electron chi connectivity index (χ4n) is 15.9. The van der Waals surface area contributed by atoms with Crippen LogP contribution in [0.25, 0.3) is 0 Å². The molecule has 1 heterocycles. The lowest BCUT2D eigenvalue weighted by atomic mass is 9.35. The summed E-state index contributed by atoms with van der Waals surface area (Å²) in [6, 6.07) is 7.71. The normalized spacial score (nSPS) is 50.7. The van der Waals surface area contributed by atoms with E-state index in [4.69, 9.17) is 4.74 Å². The first-order valence-corrected chi connectivity index (χ1v) is 21.0. The lowest BCUT2D eigenvalue weighted by Gasteiger charge is -2.73. The molecular weight excluding hydrogens is 686 g/mol. The number of aliphatic hydroxyl groups is 6. The third kappa shape index (κ3) is 4.32. The number of carbonyl (C=O) groups is 2. The summed E-state index contributed by atoms with van der Waals surface area (Å²) >= 11 is 0. The maximum Gasteiger partial charge on any atom is 0.331 e. The lowest BCUT2D eigenvalue weighted by Crippen LogP contribution is -2.85. The van der Waals surface area contributed by atoms with Crippen molar-refractivity contribution in [2.45, 2.75) is 145 Å². The number of aliphatic hydroxyl groups excluding tert-OH is 3. The van der Waals surface area contributed by atoms with E-state index >= 15 is 0 Å². The molecule has 1 aliphatic heterocycles. The molecule has 10 heteroatoms. The second kappa shape index (κ2) is 12.4. The Bertz CT molecular complexity index is 1730. The van der Waals surface area contributed by atoms with Crippen molar-refractivity contribution in [3.05, 3.63) is 47.0 Å². The molecule has 16 atom stereocenters. The molecule has 296 valence electrons. The molecule has 0 amide bonds. The highest BCUT2D eigenvalue weighted by Crippen LogP contribution is 2.79. The minimum absolute atomic E-state index is 0.0824. The highest BCUT2D eigenvalue weighted by Gasteiger charge is 2.86. The molecule has 7 aliphatic carbocycles. The zero-order chi connectivity index (χ0) is 38.2. The van der Waals surface area contributed by atoms with Gasteiger partial charge in [0.2, 0.25) is 0 Å². The van der Waals surface area contributed by atoms with Crippen molar-refractivity contribution in [1.29, 1.82) is 0 Å². The highest BCUT2D eigenvalue weighted by molar-refractivity contribution is 5.87.